The molecule has 0 spiro atoms. The van der Waals surface area contributed by atoms with Crippen LogP contribution in [0.15, 0.2) is 18.2 Å². The van der Waals surface area contributed by atoms with Crippen molar-refractivity contribution < 1.29 is 19.5 Å². The molecule has 0 aliphatic heterocycles. The highest BCUT2D eigenvalue weighted by atomic mass is 19.1. The van der Waals surface area contributed by atoms with Crippen molar-refractivity contribution in [3.8, 4) is 0 Å². The fraction of sp³-hybridized carbons (Fsp3) is 0.538. The minimum atomic E-state index is -0.974. The van der Waals surface area contributed by atoms with E-state index in [1.807, 2.05) is 6.92 Å². The lowest BCUT2D eigenvalue weighted by Gasteiger charge is -2.23. The third-order valence-electron chi connectivity index (χ3n) is 3.07. The molecule has 0 amide bonds. The summed E-state index contributed by atoms with van der Waals surface area (Å²) in [5.41, 5.74) is -0.354. The van der Waals surface area contributed by atoms with Gasteiger partial charge in [0.25, 0.3) is 0 Å². The Bertz CT molecular complexity index is 456. The molecule has 0 bridgehead atoms. The molecule has 0 radical (unpaired) electrons. The summed E-state index contributed by atoms with van der Waals surface area (Å²) in [5.74, 6) is -0.924. The number of aliphatic hydroxyl groups is 2. The molecule has 1 aromatic rings. The molecule has 0 aromatic heterocycles. The second-order valence-electron chi connectivity index (χ2n) is 4.46. The van der Waals surface area contributed by atoms with Crippen LogP contribution in [0.2, 0.25) is 0 Å². The summed E-state index contributed by atoms with van der Waals surface area (Å²) in [6.45, 7) is 2.43. The van der Waals surface area contributed by atoms with E-state index in [-0.39, 0.29) is 12.6 Å². The van der Waals surface area contributed by atoms with E-state index >= 15 is 0 Å². The van der Waals surface area contributed by atoms with Crippen molar-refractivity contribution in [1.29, 1.82) is 0 Å². The second kappa shape index (κ2) is 7.88. The van der Waals surface area contributed by atoms with Gasteiger partial charge in [-0.25, -0.2) is 0 Å². The molecule has 6 nitrogen and oxygen atoms in total. The topological polar surface area (TPSA) is 95.6 Å². The van der Waals surface area contributed by atoms with Crippen LogP contribution < -0.4 is 5.32 Å². The standard InChI is InChI=1S/C13H19FN2O4/c1-2-11(15-6-3-7-17)13(18)9-4-5-10(14)12(8-9)16(19)20/h4-5,8,11,13,15,17-18H,2-3,6-7H2,1H3. The average molecular weight is 286 g/mol. The quantitative estimate of drug-likeness (QED) is 0.382. The summed E-state index contributed by atoms with van der Waals surface area (Å²) in [4.78, 5) is 9.87. The number of halogens is 1. The number of nitrogens with one attached hydrogen (secondary N) is 1. The van der Waals surface area contributed by atoms with E-state index in [1.165, 1.54) is 6.07 Å². The molecule has 1 rings (SSSR count). The molecule has 3 N–H and O–H groups in total. The van der Waals surface area contributed by atoms with Crippen molar-refractivity contribution in [2.45, 2.75) is 31.9 Å². The molecule has 0 saturated heterocycles. The van der Waals surface area contributed by atoms with Crippen molar-refractivity contribution >= 4 is 5.69 Å². The zero-order valence-corrected chi connectivity index (χ0v) is 11.3. The van der Waals surface area contributed by atoms with Crippen LogP contribution >= 0.6 is 0 Å². The Morgan fingerprint density at radius 2 is 2.20 bits per heavy atom. The molecule has 2 unspecified atom stereocenters. The van der Waals surface area contributed by atoms with Gasteiger partial charge in [-0.3, -0.25) is 10.1 Å². The monoisotopic (exact) mass is 286 g/mol. The smallest absolute Gasteiger partial charge is 0.305 e. The Labute approximate surface area is 116 Å². The SMILES string of the molecule is CCC(NCCCO)C(O)c1ccc(F)c([N+](=O)[O-])c1. The summed E-state index contributed by atoms with van der Waals surface area (Å²) in [7, 11) is 0. The van der Waals surface area contributed by atoms with Gasteiger partial charge in [-0.15, -0.1) is 0 Å². The number of aliphatic hydroxyl groups excluding tert-OH is 2. The normalized spacial score (nSPS) is 14.0. The summed E-state index contributed by atoms with van der Waals surface area (Å²) < 4.78 is 13.2. The molecule has 0 saturated carbocycles. The molecular formula is C13H19FN2O4. The molecule has 2 atom stereocenters. The number of hydrogen-bond donors (Lipinski definition) is 3. The molecule has 20 heavy (non-hydrogen) atoms. The van der Waals surface area contributed by atoms with Gasteiger partial charge in [0.15, 0.2) is 0 Å². The fourth-order valence-corrected chi connectivity index (χ4v) is 1.93. The number of benzene rings is 1. The zero-order chi connectivity index (χ0) is 15.1. The molecule has 0 aliphatic rings. The highest BCUT2D eigenvalue weighted by Crippen LogP contribution is 2.25. The Kier molecular flexibility index (Phi) is 6.50. The van der Waals surface area contributed by atoms with Crippen molar-refractivity contribution in [2.24, 2.45) is 0 Å². The highest BCUT2D eigenvalue weighted by Gasteiger charge is 2.22. The van der Waals surface area contributed by atoms with Gasteiger partial charge in [0.2, 0.25) is 5.82 Å². The molecule has 112 valence electrons. The number of rotatable bonds is 8. The Morgan fingerprint density at radius 3 is 2.75 bits per heavy atom. The maximum atomic E-state index is 13.2. The van der Waals surface area contributed by atoms with Gasteiger partial charge in [-0.2, -0.15) is 4.39 Å². The predicted octanol–water partition coefficient (Wildman–Crippen LogP) is 1.52. The molecule has 0 heterocycles. The van der Waals surface area contributed by atoms with E-state index in [1.54, 1.807) is 0 Å². The van der Waals surface area contributed by atoms with Gasteiger partial charge < -0.3 is 15.5 Å². The van der Waals surface area contributed by atoms with Crippen LogP contribution in [-0.4, -0.2) is 34.3 Å². The van der Waals surface area contributed by atoms with Crippen LogP contribution in [0, 0.1) is 15.9 Å². The minimum absolute atomic E-state index is 0.0432. The first-order valence-electron chi connectivity index (χ1n) is 6.47. The van der Waals surface area contributed by atoms with E-state index in [9.17, 15) is 19.6 Å². The van der Waals surface area contributed by atoms with Gasteiger partial charge in [0.05, 0.1) is 11.0 Å². The van der Waals surface area contributed by atoms with Gasteiger partial charge in [-0.1, -0.05) is 13.0 Å². The molecule has 0 aliphatic carbocycles. The third-order valence-corrected chi connectivity index (χ3v) is 3.07. The first kappa shape index (κ1) is 16.5. The Hall–Kier alpha value is -1.57. The van der Waals surface area contributed by atoms with Gasteiger partial charge in [-0.05, 0) is 31.0 Å². The van der Waals surface area contributed by atoms with Gasteiger partial charge in [0.1, 0.15) is 0 Å². The van der Waals surface area contributed by atoms with Crippen molar-refractivity contribution in [2.75, 3.05) is 13.2 Å². The Balaban J connectivity index is 2.86. The molecule has 0 fully saturated rings. The van der Waals surface area contributed by atoms with Gasteiger partial charge in [0, 0.05) is 18.7 Å². The lowest BCUT2D eigenvalue weighted by molar-refractivity contribution is -0.387. The van der Waals surface area contributed by atoms with Crippen LogP contribution in [0.25, 0.3) is 0 Å². The van der Waals surface area contributed by atoms with Crippen LogP contribution in [0.3, 0.4) is 0 Å². The van der Waals surface area contributed by atoms with E-state index in [4.69, 9.17) is 5.11 Å². The van der Waals surface area contributed by atoms with E-state index in [0.29, 0.717) is 24.9 Å². The first-order valence-corrected chi connectivity index (χ1v) is 6.47. The maximum absolute atomic E-state index is 13.2. The number of nitrogens with zero attached hydrogens (tertiary/aromatic N) is 1. The van der Waals surface area contributed by atoms with Crippen LogP contribution in [0.1, 0.15) is 31.4 Å². The summed E-state index contributed by atoms with van der Waals surface area (Å²) in [6.07, 6.45) is 0.169. The predicted molar refractivity (Wildman–Crippen MR) is 71.8 cm³/mol. The lowest BCUT2D eigenvalue weighted by atomic mass is 9.99. The number of hydrogen-bond acceptors (Lipinski definition) is 5. The number of nitro benzene ring substituents is 1. The van der Waals surface area contributed by atoms with Crippen LogP contribution in [-0.2, 0) is 0 Å². The van der Waals surface area contributed by atoms with Crippen molar-refractivity contribution in [3.63, 3.8) is 0 Å². The van der Waals surface area contributed by atoms with Crippen molar-refractivity contribution in [1.82, 2.24) is 5.32 Å². The van der Waals surface area contributed by atoms with Crippen LogP contribution in [0.4, 0.5) is 10.1 Å². The molecular weight excluding hydrogens is 267 g/mol. The second-order valence-corrected chi connectivity index (χ2v) is 4.46. The fourth-order valence-electron chi connectivity index (χ4n) is 1.93. The summed E-state index contributed by atoms with van der Waals surface area (Å²) >= 11 is 0. The highest BCUT2D eigenvalue weighted by molar-refractivity contribution is 5.37. The average Bonchev–Trinajstić information content (AvgIpc) is 2.43. The molecule has 7 heteroatoms. The van der Waals surface area contributed by atoms with E-state index in [2.05, 4.69) is 5.32 Å². The minimum Gasteiger partial charge on any atom is -0.396 e. The molecule has 1 aromatic carbocycles. The summed E-state index contributed by atoms with van der Waals surface area (Å²) in [6, 6.07) is 3.06. The van der Waals surface area contributed by atoms with E-state index in [0.717, 1.165) is 12.1 Å². The first-order chi connectivity index (χ1) is 9.51. The maximum Gasteiger partial charge on any atom is 0.305 e. The third kappa shape index (κ3) is 4.22. The van der Waals surface area contributed by atoms with Gasteiger partial charge >= 0.3 is 5.69 Å². The Morgan fingerprint density at radius 1 is 1.50 bits per heavy atom. The van der Waals surface area contributed by atoms with E-state index < -0.39 is 22.5 Å². The lowest BCUT2D eigenvalue weighted by Crippen LogP contribution is -2.35. The zero-order valence-electron chi connectivity index (χ0n) is 11.3. The van der Waals surface area contributed by atoms with Crippen molar-refractivity contribution in [3.05, 3.63) is 39.7 Å². The largest absolute Gasteiger partial charge is 0.396 e. The number of nitro groups is 1. The summed E-state index contributed by atoms with van der Waals surface area (Å²) in [5, 5.41) is 32.7. The van der Waals surface area contributed by atoms with Crippen LogP contribution in [0.5, 0.6) is 0 Å².